The van der Waals surface area contributed by atoms with Crippen LogP contribution in [0.4, 0.5) is 0 Å². The molecule has 0 saturated heterocycles. The molecule has 1 aliphatic carbocycles. The quantitative estimate of drug-likeness (QED) is 0.924. The highest BCUT2D eigenvalue weighted by molar-refractivity contribution is 9.10. The summed E-state index contributed by atoms with van der Waals surface area (Å²) in [6.45, 7) is 3.00. The third kappa shape index (κ3) is 2.98. The van der Waals surface area contributed by atoms with Gasteiger partial charge in [0.25, 0.3) is 0 Å². The van der Waals surface area contributed by atoms with Crippen LogP contribution in [-0.4, -0.2) is 24.5 Å². The van der Waals surface area contributed by atoms with E-state index < -0.39 is 0 Å². The smallest absolute Gasteiger partial charge is 0.169 e. The third-order valence-corrected chi connectivity index (χ3v) is 4.74. The van der Waals surface area contributed by atoms with Crippen molar-refractivity contribution in [1.29, 1.82) is 0 Å². The molecule has 1 saturated carbocycles. The van der Waals surface area contributed by atoms with Crippen molar-refractivity contribution in [2.75, 3.05) is 13.6 Å². The molecule has 0 bridgehead atoms. The predicted molar refractivity (Wildman–Crippen MR) is 77.4 cm³/mol. The van der Waals surface area contributed by atoms with Crippen LogP contribution in [0.25, 0.3) is 0 Å². The molecule has 0 aliphatic heterocycles. The van der Waals surface area contributed by atoms with E-state index in [2.05, 4.69) is 34.8 Å². The van der Waals surface area contributed by atoms with Crippen molar-refractivity contribution >= 4 is 15.9 Å². The van der Waals surface area contributed by atoms with Crippen LogP contribution in [0.2, 0.25) is 0 Å². The van der Waals surface area contributed by atoms with Gasteiger partial charge in [0, 0.05) is 6.04 Å². The van der Waals surface area contributed by atoms with Gasteiger partial charge in [-0.05, 0) is 67.3 Å². The Kier molecular flexibility index (Phi) is 4.87. The first kappa shape index (κ1) is 14.1. The molecule has 0 spiro atoms. The van der Waals surface area contributed by atoms with Crippen molar-refractivity contribution in [1.82, 2.24) is 4.90 Å². The summed E-state index contributed by atoms with van der Waals surface area (Å²) < 4.78 is 6.47. The summed E-state index contributed by atoms with van der Waals surface area (Å²) in [7, 11) is 2.19. The highest BCUT2D eigenvalue weighted by Crippen LogP contribution is 2.33. The van der Waals surface area contributed by atoms with E-state index in [9.17, 15) is 0 Å². The second-order valence-corrected chi connectivity index (χ2v) is 6.11. The zero-order chi connectivity index (χ0) is 13.1. The Hall–Kier alpha value is -0.320. The highest BCUT2D eigenvalue weighted by Gasteiger charge is 2.30. The van der Waals surface area contributed by atoms with Crippen molar-refractivity contribution in [3.05, 3.63) is 22.6 Å². The minimum atomic E-state index is 0.299. The van der Waals surface area contributed by atoms with Crippen LogP contribution in [0.5, 0.6) is 0 Å². The lowest BCUT2D eigenvalue weighted by Gasteiger charge is -2.40. The molecule has 1 aromatic heterocycles. The van der Waals surface area contributed by atoms with Gasteiger partial charge in [-0.3, -0.25) is 4.90 Å². The van der Waals surface area contributed by atoms with Gasteiger partial charge >= 0.3 is 0 Å². The monoisotopic (exact) mass is 314 g/mol. The molecule has 4 heteroatoms. The number of halogens is 1. The molecule has 0 radical (unpaired) electrons. The molecule has 3 unspecified atom stereocenters. The molecular formula is C14H23BrN2O. The number of rotatable bonds is 4. The number of hydrogen-bond donors (Lipinski definition) is 1. The first-order valence-corrected chi connectivity index (χ1v) is 7.60. The van der Waals surface area contributed by atoms with Crippen molar-refractivity contribution in [3.63, 3.8) is 0 Å². The van der Waals surface area contributed by atoms with Crippen LogP contribution < -0.4 is 5.73 Å². The fraction of sp³-hybridized carbons (Fsp3) is 0.714. The molecule has 3 atom stereocenters. The van der Waals surface area contributed by atoms with Gasteiger partial charge < -0.3 is 10.2 Å². The maximum atomic E-state index is 5.92. The maximum Gasteiger partial charge on any atom is 0.169 e. The topological polar surface area (TPSA) is 42.4 Å². The second kappa shape index (κ2) is 6.22. The van der Waals surface area contributed by atoms with Gasteiger partial charge in [0.1, 0.15) is 5.76 Å². The molecule has 18 heavy (non-hydrogen) atoms. The van der Waals surface area contributed by atoms with Crippen LogP contribution in [0, 0.1) is 5.92 Å². The van der Waals surface area contributed by atoms with E-state index in [1.807, 2.05) is 12.1 Å². The van der Waals surface area contributed by atoms with Crippen molar-refractivity contribution in [2.45, 2.75) is 44.7 Å². The maximum absolute atomic E-state index is 5.92. The SMILES string of the molecule is CC(c1ccc(Br)o1)N(C)C1CCCCC1CN. The first-order valence-electron chi connectivity index (χ1n) is 6.80. The lowest BCUT2D eigenvalue weighted by molar-refractivity contribution is 0.0890. The summed E-state index contributed by atoms with van der Waals surface area (Å²) in [5, 5.41) is 0. The Balaban J connectivity index is 2.07. The van der Waals surface area contributed by atoms with E-state index in [-0.39, 0.29) is 0 Å². The van der Waals surface area contributed by atoms with Gasteiger partial charge in [0.05, 0.1) is 6.04 Å². The van der Waals surface area contributed by atoms with Gasteiger partial charge in [0.15, 0.2) is 4.67 Å². The average molecular weight is 315 g/mol. The lowest BCUT2D eigenvalue weighted by Crippen LogP contribution is -2.44. The van der Waals surface area contributed by atoms with E-state index >= 15 is 0 Å². The standard InChI is InChI=1S/C14H23BrN2O/c1-10(13-7-8-14(15)18-13)17(2)12-6-4-3-5-11(12)9-16/h7-8,10-12H,3-6,9,16H2,1-2H3. The van der Waals surface area contributed by atoms with Gasteiger partial charge in [-0.1, -0.05) is 12.8 Å². The first-order chi connectivity index (χ1) is 8.63. The largest absolute Gasteiger partial charge is 0.453 e. The summed E-state index contributed by atoms with van der Waals surface area (Å²) in [6.07, 6.45) is 5.16. The minimum Gasteiger partial charge on any atom is -0.453 e. The van der Waals surface area contributed by atoms with Crippen molar-refractivity contribution in [2.24, 2.45) is 11.7 Å². The van der Waals surface area contributed by atoms with Crippen LogP contribution in [0.15, 0.2) is 21.2 Å². The molecule has 1 fully saturated rings. The minimum absolute atomic E-state index is 0.299. The van der Waals surface area contributed by atoms with E-state index in [1.54, 1.807) is 0 Å². The van der Waals surface area contributed by atoms with Crippen molar-refractivity contribution in [3.8, 4) is 0 Å². The van der Waals surface area contributed by atoms with Gasteiger partial charge in [-0.15, -0.1) is 0 Å². The lowest BCUT2D eigenvalue weighted by atomic mass is 9.83. The number of nitrogens with zero attached hydrogens (tertiary/aromatic N) is 1. The highest BCUT2D eigenvalue weighted by atomic mass is 79.9. The Labute approximate surface area is 118 Å². The molecular weight excluding hydrogens is 292 g/mol. The van der Waals surface area contributed by atoms with E-state index in [0.29, 0.717) is 18.0 Å². The normalized spacial score (nSPS) is 26.5. The molecule has 2 rings (SSSR count). The summed E-state index contributed by atoms with van der Waals surface area (Å²) in [5.74, 6) is 1.65. The molecule has 2 N–H and O–H groups in total. The second-order valence-electron chi connectivity index (χ2n) is 5.33. The molecule has 1 aliphatic rings. The fourth-order valence-electron chi connectivity index (χ4n) is 3.04. The average Bonchev–Trinajstić information content (AvgIpc) is 2.83. The molecule has 102 valence electrons. The Bertz CT molecular complexity index is 380. The third-order valence-electron chi connectivity index (χ3n) is 4.31. The summed E-state index contributed by atoms with van der Waals surface area (Å²) in [4.78, 5) is 2.43. The van der Waals surface area contributed by atoms with Crippen LogP contribution in [0.3, 0.4) is 0 Å². The summed E-state index contributed by atoms with van der Waals surface area (Å²) in [6, 6.07) is 4.89. The van der Waals surface area contributed by atoms with Crippen LogP contribution >= 0.6 is 15.9 Å². The molecule has 3 nitrogen and oxygen atoms in total. The number of furan rings is 1. The summed E-state index contributed by atoms with van der Waals surface area (Å²) >= 11 is 3.37. The fourth-order valence-corrected chi connectivity index (χ4v) is 3.36. The Morgan fingerprint density at radius 3 is 2.78 bits per heavy atom. The summed E-state index contributed by atoms with van der Waals surface area (Å²) in [5.41, 5.74) is 5.92. The number of hydrogen-bond acceptors (Lipinski definition) is 3. The number of nitrogens with two attached hydrogens (primary N) is 1. The zero-order valence-electron chi connectivity index (χ0n) is 11.2. The zero-order valence-corrected chi connectivity index (χ0v) is 12.8. The molecule has 1 heterocycles. The van der Waals surface area contributed by atoms with E-state index in [0.717, 1.165) is 17.0 Å². The van der Waals surface area contributed by atoms with E-state index in [4.69, 9.17) is 10.2 Å². The molecule has 1 aromatic rings. The van der Waals surface area contributed by atoms with Crippen LogP contribution in [0.1, 0.15) is 44.4 Å². The Morgan fingerprint density at radius 1 is 1.44 bits per heavy atom. The molecule has 0 aromatic carbocycles. The van der Waals surface area contributed by atoms with Gasteiger partial charge in [0.2, 0.25) is 0 Å². The van der Waals surface area contributed by atoms with Crippen LogP contribution in [-0.2, 0) is 0 Å². The Morgan fingerprint density at radius 2 is 2.17 bits per heavy atom. The van der Waals surface area contributed by atoms with E-state index in [1.165, 1.54) is 25.7 Å². The van der Waals surface area contributed by atoms with Crippen molar-refractivity contribution < 1.29 is 4.42 Å². The molecule has 0 amide bonds. The van der Waals surface area contributed by atoms with Gasteiger partial charge in [-0.2, -0.15) is 0 Å². The van der Waals surface area contributed by atoms with Gasteiger partial charge in [-0.25, -0.2) is 0 Å². The predicted octanol–water partition coefficient (Wildman–Crippen LogP) is 3.55.